The van der Waals surface area contributed by atoms with Gasteiger partial charge in [-0.3, -0.25) is 0 Å². The van der Waals surface area contributed by atoms with Crippen LogP contribution >= 0.6 is 23.2 Å². The maximum atomic E-state index is 13.7. The van der Waals surface area contributed by atoms with Gasteiger partial charge in [0.15, 0.2) is 5.69 Å². The molecular weight excluding hydrogens is 501 g/mol. The number of hydrogen-bond acceptors (Lipinski definition) is 6. The summed E-state index contributed by atoms with van der Waals surface area (Å²) >= 11 is 12.7. The summed E-state index contributed by atoms with van der Waals surface area (Å²) in [6, 6.07) is 10.4. The zero-order valence-electron chi connectivity index (χ0n) is 19.0. The van der Waals surface area contributed by atoms with Gasteiger partial charge in [-0.25, -0.2) is 22.0 Å². The van der Waals surface area contributed by atoms with Crippen molar-refractivity contribution in [3.63, 3.8) is 0 Å². The quantitative estimate of drug-likeness (QED) is 0.303. The summed E-state index contributed by atoms with van der Waals surface area (Å²) in [6.45, 7) is 6.71. The Morgan fingerprint density at radius 2 is 1.74 bits per heavy atom. The lowest BCUT2D eigenvalue weighted by Gasteiger charge is -2.17. The molecule has 0 aliphatic heterocycles. The molecule has 3 rings (SSSR count). The Labute approximate surface area is 207 Å². The fourth-order valence-corrected chi connectivity index (χ4v) is 5.44. The van der Waals surface area contributed by atoms with Crippen molar-refractivity contribution in [1.82, 2.24) is 3.97 Å². The number of nitrogens with zero attached hydrogens (tertiary/aromatic N) is 1. The first kappa shape index (κ1) is 25.8. The fraction of sp³-hybridized carbons (Fsp3) is 0.250. The van der Waals surface area contributed by atoms with E-state index in [-0.39, 0.29) is 43.7 Å². The van der Waals surface area contributed by atoms with Crippen LogP contribution in [0.5, 0.6) is 0 Å². The standard InChI is InChI=1S/C24H23Cl2NO6S/c1-5-32-23(29)22-17(11-12-20(28)33-24(2,3)4)21-18(26)13-15(25)14-19(21)27(22)34(30,31)16-9-7-6-8-10-16/h6-14H,5H2,1-4H3. The molecule has 1 heterocycles. The maximum Gasteiger partial charge on any atom is 0.356 e. The monoisotopic (exact) mass is 523 g/mol. The minimum atomic E-state index is -4.29. The van der Waals surface area contributed by atoms with E-state index in [0.717, 1.165) is 10.0 Å². The number of esters is 2. The molecule has 0 amide bonds. The van der Waals surface area contributed by atoms with E-state index < -0.39 is 27.6 Å². The van der Waals surface area contributed by atoms with Crippen molar-refractivity contribution in [2.45, 2.75) is 38.2 Å². The van der Waals surface area contributed by atoms with Crippen molar-refractivity contribution >= 4 is 62.1 Å². The van der Waals surface area contributed by atoms with Crippen molar-refractivity contribution in [2.24, 2.45) is 0 Å². The van der Waals surface area contributed by atoms with Crippen LogP contribution in [0.15, 0.2) is 53.4 Å². The van der Waals surface area contributed by atoms with Gasteiger partial charge in [-0.1, -0.05) is 41.4 Å². The van der Waals surface area contributed by atoms with E-state index in [9.17, 15) is 18.0 Å². The third-order valence-corrected chi connectivity index (χ3v) is 6.77. The Morgan fingerprint density at radius 1 is 1.09 bits per heavy atom. The molecule has 3 aromatic rings. The molecular formula is C24H23Cl2NO6S. The largest absolute Gasteiger partial charge is 0.461 e. The van der Waals surface area contributed by atoms with E-state index in [0.29, 0.717) is 0 Å². The lowest BCUT2D eigenvalue weighted by molar-refractivity contribution is -0.148. The number of carbonyl (C=O) groups excluding carboxylic acids is 2. The molecule has 0 aliphatic rings. The molecule has 0 radical (unpaired) electrons. The highest BCUT2D eigenvalue weighted by Gasteiger charge is 2.32. The fourth-order valence-electron chi connectivity index (χ4n) is 3.32. The molecule has 2 aromatic carbocycles. The molecule has 0 atom stereocenters. The molecule has 180 valence electrons. The Hall–Kier alpha value is -2.81. The van der Waals surface area contributed by atoms with Gasteiger partial charge in [0.25, 0.3) is 10.0 Å². The van der Waals surface area contributed by atoms with Crippen molar-refractivity contribution < 1.29 is 27.5 Å². The average Bonchev–Trinajstić information content (AvgIpc) is 3.07. The number of fused-ring (bicyclic) bond motifs is 1. The third kappa shape index (κ3) is 5.29. The number of benzene rings is 2. The van der Waals surface area contributed by atoms with Gasteiger partial charge < -0.3 is 9.47 Å². The van der Waals surface area contributed by atoms with Crippen LogP contribution in [0.25, 0.3) is 17.0 Å². The van der Waals surface area contributed by atoms with E-state index in [2.05, 4.69) is 0 Å². The molecule has 1 aromatic heterocycles. The van der Waals surface area contributed by atoms with Gasteiger partial charge in [0, 0.05) is 22.0 Å². The molecule has 0 spiro atoms. The predicted octanol–water partition coefficient (Wildman–Crippen LogP) is 5.72. The predicted molar refractivity (Wildman–Crippen MR) is 132 cm³/mol. The summed E-state index contributed by atoms with van der Waals surface area (Å²) in [6.07, 6.45) is 2.40. The zero-order valence-corrected chi connectivity index (χ0v) is 21.3. The van der Waals surface area contributed by atoms with E-state index in [4.69, 9.17) is 32.7 Å². The summed E-state index contributed by atoms with van der Waals surface area (Å²) in [4.78, 5) is 25.3. The van der Waals surface area contributed by atoms with Gasteiger partial charge in [0.05, 0.1) is 22.0 Å². The van der Waals surface area contributed by atoms with Gasteiger partial charge in [-0.05, 0) is 58.0 Å². The lowest BCUT2D eigenvalue weighted by atomic mass is 10.1. The van der Waals surface area contributed by atoms with Crippen molar-refractivity contribution in [3.05, 3.63) is 69.8 Å². The molecule has 34 heavy (non-hydrogen) atoms. The Bertz CT molecular complexity index is 1390. The van der Waals surface area contributed by atoms with Gasteiger partial charge >= 0.3 is 11.9 Å². The highest BCUT2D eigenvalue weighted by Crippen LogP contribution is 2.38. The molecule has 0 bridgehead atoms. The molecule has 10 heteroatoms. The van der Waals surface area contributed by atoms with Gasteiger partial charge in [-0.2, -0.15) is 0 Å². The topological polar surface area (TPSA) is 91.7 Å². The Balaban J connectivity index is 2.41. The van der Waals surface area contributed by atoms with Crippen LogP contribution in [-0.2, 0) is 24.3 Å². The second kappa shape index (κ2) is 9.82. The number of hydrogen-bond donors (Lipinski definition) is 0. The number of halogens is 2. The van der Waals surface area contributed by atoms with Crippen molar-refractivity contribution in [3.8, 4) is 0 Å². The molecule has 0 saturated heterocycles. The van der Waals surface area contributed by atoms with Crippen molar-refractivity contribution in [1.29, 1.82) is 0 Å². The molecule has 7 nitrogen and oxygen atoms in total. The van der Waals surface area contributed by atoms with Crippen LogP contribution in [0, 0.1) is 0 Å². The van der Waals surface area contributed by atoms with Crippen LogP contribution in [-0.4, -0.2) is 36.5 Å². The van der Waals surface area contributed by atoms with E-state index in [1.54, 1.807) is 45.9 Å². The smallest absolute Gasteiger partial charge is 0.356 e. The van der Waals surface area contributed by atoms with Crippen LogP contribution in [0.3, 0.4) is 0 Å². The first-order valence-corrected chi connectivity index (χ1v) is 12.5. The second-order valence-corrected chi connectivity index (χ2v) is 10.8. The Kier molecular flexibility index (Phi) is 7.45. The normalized spacial score (nSPS) is 12.3. The first-order valence-electron chi connectivity index (χ1n) is 10.3. The lowest BCUT2D eigenvalue weighted by Crippen LogP contribution is -2.22. The molecule has 0 saturated carbocycles. The third-order valence-electron chi connectivity index (χ3n) is 4.52. The van der Waals surface area contributed by atoms with Crippen LogP contribution in [0.4, 0.5) is 0 Å². The van der Waals surface area contributed by atoms with Gasteiger partial charge in [-0.15, -0.1) is 0 Å². The average molecular weight is 524 g/mol. The number of rotatable bonds is 6. The van der Waals surface area contributed by atoms with E-state index in [1.165, 1.54) is 30.3 Å². The summed E-state index contributed by atoms with van der Waals surface area (Å²) in [5.74, 6) is -1.59. The first-order chi connectivity index (χ1) is 15.9. The number of carbonyl (C=O) groups is 2. The zero-order chi connectivity index (χ0) is 25.3. The summed E-state index contributed by atoms with van der Waals surface area (Å²) < 4.78 is 38.7. The molecule has 0 fully saturated rings. The molecule has 0 N–H and O–H groups in total. The van der Waals surface area contributed by atoms with Crippen LogP contribution in [0.1, 0.15) is 43.7 Å². The molecule has 0 unspecified atom stereocenters. The van der Waals surface area contributed by atoms with E-state index in [1.807, 2.05) is 0 Å². The maximum absolute atomic E-state index is 13.7. The number of aromatic nitrogens is 1. The van der Waals surface area contributed by atoms with E-state index >= 15 is 0 Å². The summed E-state index contributed by atoms with van der Waals surface area (Å²) in [7, 11) is -4.29. The minimum absolute atomic E-state index is 0.00451. The highest BCUT2D eigenvalue weighted by atomic mass is 35.5. The summed E-state index contributed by atoms with van der Waals surface area (Å²) in [5.41, 5.74) is -0.917. The van der Waals surface area contributed by atoms with Gasteiger partial charge in [0.1, 0.15) is 5.60 Å². The Morgan fingerprint density at radius 3 is 2.32 bits per heavy atom. The number of ether oxygens (including phenoxy) is 2. The second-order valence-electron chi connectivity index (χ2n) is 8.21. The van der Waals surface area contributed by atoms with Crippen molar-refractivity contribution in [2.75, 3.05) is 6.61 Å². The van der Waals surface area contributed by atoms with Crippen LogP contribution in [0.2, 0.25) is 10.0 Å². The highest BCUT2D eigenvalue weighted by molar-refractivity contribution is 7.90. The van der Waals surface area contributed by atoms with Crippen LogP contribution < -0.4 is 0 Å². The minimum Gasteiger partial charge on any atom is -0.461 e. The molecule has 0 aliphatic carbocycles. The van der Waals surface area contributed by atoms with Gasteiger partial charge in [0.2, 0.25) is 0 Å². The SMILES string of the molecule is CCOC(=O)c1c(C=CC(=O)OC(C)(C)C)c2c(Cl)cc(Cl)cc2n1S(=O)(=O)c1ccccc1. The summed E-state index contributed by atoms with van der Waals surface area (Å²) in [5, 5.41) is 0.477.